The van der Waals surface area contributed by atoms with Gasteiger partial charge in [0.25, 0.3) is 5.91 Å². The molecule has 0 saturated carbocycles. The fourth-order valence-corrected chi connectivity index (χ4v) is 4.04. The quantitative estimate of drug-likeness (QED) is 0.485. The molecule has 162 valence electrons. The molecule has 0 radical (unpaired) electrons. The third kappa shape index (κ3) is 4.20. The van der Waals surface area contributed by atoms with Gasteiger partial charge in [-0.3, -0.25) is 9.69 Å². The maximum atomic E-state index is 13.5. The monoisotopic (exact) mass is 427 g/mol. The number of hydrogen-bond donors (Lipinski definition) is 0. The minimum Gasteiger partial charge on any atom is -0.360 e. The molecule has 0 aliphatic carbocycles. The number of carbonyl (C=O) groups excluding carboxylic acids is 1. The van der Waals surface area contributed by atoms with Gasteiger partial charge in [-0.05, 0) is 19.1 Å². The summed E-state index contributed by atoms with van der Waals surface area (Å²) in [4.78, 5) is 17.7. The zero-order valence-corrected chi connectivity index (χ0v) is 18.0. The van der Waals surface area contributed by atoms with Crippen LogP contribution in [0.25, 0.3) is 16.9 Å². The van der Waals surface area contributed by atoms with Crippen LogP contribution in [-0.4, -0.2) is 56.8 Å². The maximum absolute atomic E-state index is 13.5. The predicted octanol–water partition coefficient (Wildman–Crippen LogP) is 3.79. The van der Waals surface area contributed by atoms with Gasteiger partial charge in [-0.1, -0.05) is 53.7 Å². The molecular weight excluding hydrogens is 402 g/mol. The van der Waals surface area contributed by atoms with E-state index >= 15 is 0 Å². The lowest BCUT2D eigenvalue weighted by Crippen LogP contribution is -2.48. The Balaban J connectivity index is 1.36. The van der Waals surface area contributed by atoms with Crippen LogP contribution in [0.1, 0.15) is 21.8 Å². The summed E-state index contributed by atoms with van der Waals surface area (Å²) in [6, 6.07) is 21.7. The van der Waals surface area contributed by atoms with Crippen LogP contribution in [0.5, 0.6) is 0 Å². The van der Waals surface area contributed by atoms with E-state index in [4.69, 9.17) is 9.62 Å². The number of piperazine rings is 1. The van der Waals surface area contributed by atoms with E-state index < -0.39 is 0 Å². The summed E-state index contributed by atoms with van der Waals surface area (Å²) < 4.78 is 7.13. The van der Waals surface area contributed by atoms with Gasteiger partial charge in [0.15, 0.2) is 5.76 Å². The highest BCUT2D eigenvalue weighted by molar-refractivity contribution is 6.00. The minimum atomic E-state index is 0.0150. The number of amides is 1. The number of para-hydroxylation sites is 1. The van der Waals surface area contributed by atoms with Crippen molar-refractivity contribution >= 4 is 5.91 Å². The second-order valence-electron chi connectivity index (χ2n) is 8.04. The molecule has 0 atom stereocenters. The van der Waals surface area contributed by atoms with Gasteiger partial charge in [-0.2, -0.15) is 5.10 Å². The molecule has 2 aromatic heterocycles. The van der Waals surface area contributed by atoms with Crippen molar-refractivity contribution in [2.24, 2.45) is 0 Å². The van der Waals surface area contributed by atoms with Gasteiger partial charge in [0.2, 0.25) is 0 Å². The van der Waals surface area contributed by atoms with Gasteiger partial charge in [0.05, 0.1) is 23.5 Å². The first-order chi connectivity index (χ1) is 15.7. The van der Waals surface area contributed by atoms with Crippen LogP contribution in [0.3, 0.4) is 0 Å². The lowest BCUT2D eigenvalue weighted by atomic mass is 10.1. The summed E-state index contributed by atoms with van der Waals surface area (Å²) >= 11 is 0. The summed E-state index contributed by atoms with van der Waals surface area (Å²) in [7, 11) is 0. The van der Waals surface area contributed by atoms with E-state index in [-0.39, 0.29) is 5.91 Å². The largest absolute Gasteiger partial charge is 0.360 e. The molecule has 7 nitrogen and oxygen atoms in total. The Kier molecular flexibility index (Phi) is 5.56. The molecule has 5 rings (SSSR count). The first-order valence-electron chi connectivity index (χ1n) is 10.8. The highest BCUT2D eigenvalue weighted by atomic mass is 16.5. The third-order valence-corrected chi connectivity index (χ3v) is 5.73. The molecular formula is C25H25N5O2. The molecule has 1 fully saturated rings. The van der Waals surface area contributed by atoms with Crippen LogP contribution in [0, 0.1) is 6.92 Å². The Hall–Kier alpha value is -3.71. The van der Waals surface area contributed by atoms with Crippen molar-refractivity contribution in [3.63, 3.8) is 0 Å². The molecule has 0 N–H and O–H groups in total. The molecule has 0 unspecified atom stereocenters. The predicted molar refractivity (Wildman–Crippen MR) is 121 cm³/mol. The van der Waals surface area contributed by atoms with E-state index in [1.807, 2.05) is 84.8 Å². The Morgan fingerprint density at radius 2 is 1.66 bits per heavy atom. The van der Waals surface area contributed by atoms with E-state index in [2.05, 4.69) is 10.1 Å². The first-order valence-corrected chi connectivity index (χ1v) is 10.8. The number of rotatable bonds is 5. The van der Waals surface area contributed by atoms with Crippen LogP contribution in [0.15, 0.2) is 77.4 Å². The van der Waals surface area contributed by atoms with E-state index in [9.17, 15) is 4.79 Å². The van der Waals surface area contributed by atoms with Crippen molar-refractivity contribution in [1.82, 2.24) is 24.7 Å². The highest BCUT2D eigenvalue weighted by Gasteiger charge is 2.27. The SMILES string of the molecule is Cc1cc(CN2CCN(C(=O)c3cn(-c4ccccc4)nc3-c3ccccc3)CC2)on1. The van der Waals surface area contributed by atoms with E-state index in [0.717, 1.165) is 35.8 Å². The number of aryl methyl sites for hydroxylation is 1. The average Bonchev–Trinajstić information content (AvgIpc) is 3.47. The molecule has 1 aliphatic heterocycles. The Morgan fingerprint density at radius 3 is 2.31 bits per heavy atom. The van der Waals surface area contributed by atoms with Crippen LogP contribution in [-0.2, 0) is 6.54 Å². The zero-order chi connectivity index (χ0) is 21.9. The first kappa shape index (κ1) is 20.2. The second kappa shape index (κ2) is 8.80. The topological polar surface area (TPSA) is 67.4 Å². The van der Waals surface area contributed by atoms with Crippen molar-refractivity contribution in [1.29, 1.82) is 0 Å². The van der Waals surface area contributed by atoms with Gasteiger partial charge in [-0.25, -0.2) is 4.68 Å². The molecule has 1 amide bonds. The number of nitrogens with zero attached hydrogens (tertiary/aromatic N) is 5. The van der Waals surface area contributed by atoms with Gasteiger partial charge in [-0.15, -0.1) is 0 Å². The molecule has 0 bridgehead atoms. The molecule has 0 spiro atoms. The fourth-order valence-electron chi connectivity index (χ4n) is 4.04. The molecule has 7 heteroatoms. The average molecular weight is 428 g/mol. The van der Waals surface area contributed by atoms with Crippen LogP contribution in [0.2, 0.25) is 0 Å². The van der Waals surface area contributed by atoms with Crippen molar-refractivity contribution in [2.75, 3.05) is 26.2 Å². The second-order valence-corrected chi connectivity index (χ2v) is 8.04. The fraction of sp³-hybridized carbons (Fsp3) is 0.240. The summed E-state index contributed by atoms with van der Waals surface area (Å²) in [5.74, 6) is 0.874. The van der Waals surface area contributed by atoms with E-state index in [1.54, 1.807) is 4.68 Å². The Labute approximate surface area is 186 Å². The summed E-state index contributed by atoms with van der Waals surface area (Å²) in [5, 5.41) is 8.73. The van der Waals surface area contributed by atoms with Gasteiger partial charge >= 0.3 is 0 Å². The number of benzene rings is 2. The van der Waals surface area contributed by atoms with E-state index in [0.29, 0.717) is 30.9 Å². The molecule has 1 aliphatic rings. The number of carbonyl (C=O) groups is 1. The maximum Gasteiger partial charge on any atom is 0.257 e. The lowest BCUT2D eigenvalue weighted by molar-refractivity contribution is 0.0618. The van der Waals surface area contributed by atoms with Crippen molar-refractivity contribution in [2.45, 2.75) is 13.5 Å². The van der Waals surface area contributed by atoms with Crippen molar-refractivity contribution in [3.8, 4) is 16.9 Å². The zero-order valence-electron chi connectivity index (χ0n) is 18.0. The van der Waals surface area contributed by atoms with Crippen LogP contribution in [0.4, 0.5) is 0 Å². The number of aromatic nitrogens is 3. The Morgan fingerprint density at radius 1 is 0.969 bits per heavy atom. The van der Waals surface area contributed by atoms with Crippen molar-refractivity contribution < 1.29 is 9.32 Å². The molecule has 1 saturated heterocycles. The molecule has 32 heavy (non-hydrogen) atoms. The highest BCUT2D eigenvalue weighted by Crippen LogP contribution is 2.25. The van der Waals surface area contributed by atoms with Gasteiger partial charge in [0, 0.05) is 44.0 Å². The molecule has 3 heterocycles. The standard InChI is InChI=1S/C25H25N5O2/c1-19-16-22(32-27-19)17-28-12-14-29(15-13-28)25(31)23-18-30(21-10-6-3-7-11-21)26-24(23)20-8-4-2-5-9-20/h2-11,16,18H,12-15,17H2,1H3. The smallest absolute Gasteiger partial charge is 0.257 e. The lowest BCUT2D eigenvalue weighted by Gasteiger charge is -2.34. The van der Waals surface area contributed by atoms with Crippen LogP contribution >= 0.6 is 0 Å². The van der Waals surface area contributed by atoms with E-state index in [1.165, 1.54) is 0 Å². The summed E-state index contributed by atoms with van der Waals surface area (Å²) in [6.07, 6.45) is 1.85. The van der Waals surface area contributed by atoms with Crippen molar-refractivity contribution in [3.05, 3.63) is 89.9 Å². The van der Waals surface area contributed by atoms with Crippen LogP contribution < -0.4 is 0 Å². The van der Waals surface area contributed by atoms with Gasteiger partial charge in [0.1, 0.15) is 5.69 Å². The molecule has 4 aromatic rings. The summed E-state index contributed by atoms with van der Waals surface area (Å²) in [5.41, 5.74) is 4.08. The Bertz CT molecular complexity index is 1190. The number of hydrogen-bond acceptors (Lipinski definition) is 5. The minimum absolute atomic E-state index is 0.0150. The van der Waals surface area contributed by atoms with Gasteiger partial charge < -0.3 is 9.42 Å². The molecule has 2 aromatic carbocycles. The summed E-state index contributed by atoms with van der Waals surface area (Å²) in [6.45, 7) is 5.54. The third-order valence-electron chi connectivity index (χ3n) is 5.73. The normalized spacial score (nSPS) is 14.6.